The van der Waals surface area contributed by atoms with Gasteiger partial charge in [0.05, 0.1) is 18.1 Å². The Morgan fingerprint density at radius 2 is 1.95 bits per heavy atom. The van der Waals surface area contributed by atoms with Crippen LogP contribution in [0.1, 0.15) is 5.89 Å². The normalized spacial score (nSPS) is 19.0. The van der Waals surface area contributed by atoms with E-state index < -0.39 is 9.84 Å². The third-order valence-electron chi connectivity index (χ3n) is 3.19. The minimum Gasteiger partial charge on any atom is -0.419 e. The molecule has 1 aromatic carbocycles. The number of nitrogens with zero attached hydrogens (tertiary/aromatic N) is 3. The fraction of sp³-hybridized carbons (Fsp3) is 0.385. The maximum absolute atomic E-state index is 12.9. The van der Waals surface area contributed by atoms with E-state index in [0.717, 1.165) is 0 Å². The summed E-state index contributed by atoms with van der Waals surface area (Å²) in [5, 5.41) is 9.28. The zero-order valence-electron chi connectivity index (χ0n) is 11.6. The van der Waals surface area contributed by atoms with Crippen molar-refractivity contribution >= 4 is 9.84 Å². The fourth-order valence-electron chi connectivity index (χ4n) is 2.00. The molecule has 0 aliphatic carbocycles. The summed E-state index contributed by atoms with van der Waals surface area (Å²) in [5.41, 5.74) is 0.611. The van der Waals surface area contributed by atoms with Gasteiger partial charge in [-0.25, -0.2) is 12.8 Å². The fourth-order valence-corrected chi connectivity index (χ4v) is 3.02. The highest BCUT2D eigenvalue weighted by atomic mass is 32.2. The maximum atomic E-state index is 12.9. The second kappa shape index (κ2) is 6.11. The molecule has 0 N–H and O–H groups in total. The van der Waals surface area contributed by atoms with Crippen LogP contribution in [-0.2, 0) is 21.2 Å². The van der Waals surface area contributed by atoms with Gasteiger partial charge in [0.15, 0.2) is 9.84 Å². The van der Waals surface area contributed by atoms with Gasteiger partial charge in [-0.3, -0.25) is 4.84 Å². The number of aromatic nitrogens is 2. The van der Waals surface area contributed by atoms with Crippen molar-refractivity contribution in [2.75, 3.05) is 24.7 Å². The van der Waals surface area contributed by atoms with Crippen molar-refractivity contribution in [1.29, 1.82) is 0 Å². The topological polar surface area (TPSA) is 85.5 Å². The Hall–Kier alpha value is -1.84. The number of halogens is 1. The van der Waals surface area contributed by atoms with Crippen LogP contribution in [0, 0.1) is 5.82 Å². The molecule has 0 amide bonds. The highest BCUT2D eigenvalue weighted by Crippen LogP contribution is 2.19. The maximum Gasteiger partial charge on any atom is 0.247 e. The summed E-state index contributed by atoms with van der Waals surface area (Å²) in [6, 6.07) is 5.70. The second-order valence-electron chi connectivity index (χ2n) is 4.86. The first kappa shape index (κ1) is 15.1. The molecule has 0 saturated carbocycles. The number of benzene rings is 1. The zero-order chi connectivity index (χ0) is 15.6. The first-order chi connectivity index (χ1) is 10.5. The Morgan fingerprint density at radius 3 is 2.73 bits per heavy atom. The zero-order valence-corrected chi connectivity index (χ0v) is 12.4. The number of sulfone groups is 1. The minimum absolute atomic E-state index is 0.00810. The molecule has 0 radical (unpaired) electrons. The molecule has 7 nitrogen and oxygen atoms in total. The summed E-state index contributed by atoms with van der Waals surface area (Å²) < 4.78 is 41.4. The predicted molar refractivity (Wildman–Crippen MR) is 74.7 cm³/mol. The van der Waals surface area contributed by atoms with Crippen LogP contribution in [0.5, 0.6) is 0 Å². The lowest BCUT2D eigenvalue weighted by atomic mass is 10.2. The third-order valence-corrected chi connectivity index (χ3v) is 4.78. The van der Waals surface area contributed by atoms with E-state index in [1.807, 2.05) is 0 Å². The molecule has 0 unspecified atom stereocenters. The summed E-state index contributed by atoms with van der Waals surface area (Å²) in [6.45, 7) is 0.557. The highest BCUT2D eigenvalue weighted by molar-refractivity contribution is 7.91. The van der Waals surface area contributed by atoms with E-state index in [9.17, 15) is 12.8 Å². The molecule has 1 fully saturated rings. The van der Waals surface area contributed by atoms with Crippen molar-refractivity contribution in [2.24, 2.45) is 0 Å². The lowest BCUT2D eigenvalue weighted by Gasteiger charge is -2.15. The van der Waals surface area contributed by atoms with Gasteiger partial charge in [0, 0.05) is 12.1 Å². The van der Waals surface area contributed by atoms with Crippen molar-refractivity contribution in [2.45, 2.75) is 6.54 Å². The van der Waals surface area contributed by atoms with Gasteiger partial charge in [-0.1, -0.05) is 0 Å². The van der Waals surface area contributed by atoms with Crippen LogP contribution in [0.4, 0.5) is 4.39 Å². The van der Waals surface area contributed by atoms with Gasteiger partial charge in [0.25, 0.3) is 0 Å². The van der Waals surface area contributed by atoms with Gasteiger partial charge in [-0.05, 0) is 24.3 Å². The van der Waals surface area contributed by atoms with Gasteiger partial charge in [0.1, 0.15) is 12.4 Å². The molecule has 2 heterocycles. The van der Waals surface area contributed by atoms with E-state index in [1.165, 1.54) is 17.2 Å². The summed E-state index contributed by atoms with van der Waals surface area (Å²) in [7, 11) is -3.06. The number of hydroxylamine groups is 2. The average Bonchev–Trinajstić information content (AvgIpc) is 2.86. The van der Waals surface area contributed by atoms with Gasteiger partial charge in [0.2, 0.25) is 11.8 Å². The molecule has 1 aromatic heterocycles. The monoisotopic (exact) mass is 327 g/mol. The Bertz CT molecular complexity index is 745. The van der Waals surface area contributed by atoms with Crippen LogP contribution in [-0.4, -0.2) is 48.3 Å². The lowest BCUT2D eigenvalue weighted by Crippen LogP contribution is -2.25. The molecule has 118 valence electrons. The summed E-state index contributed by atoms with van der Waals surface area (Å²) in [4.78, 5) is 5.35. The third kappa shape index (κ3) is 3.67. The van der Waals surface area contributed by atoms with Crippen LogP contribution < -0.4 is 0 Å². The van der Waals surface area contributed by atoms with Crippen molar-refractivity contribution in [3.8, 4) is 11.5 Å². The molecule has 1 saturated heterocycles. The van der Waals surface area contributed by atoms with Crippen LogP contribution in [0.15, 0.2) is 28.7 Å². The van der Waals surface area contributed by atoms with E-state index in [4.69, 9.17) is 9.25 Å². The molecule has 22 heavy (non-hydrogen) atoms. The van der Waals surface area contributed by atoms with E-state index >= 15 is 0 Å². The first-order valence-corrected chi connectivity index (χ1v) is 8.51. The van der Waals surface area contributed by atoms with Crippen LogP contribution in [0.3, 0.4) is 0 Å². The minimum atomic E-state index is -3.06. The number of hydrogen-bond donors (Lipinski definition) is 0. The predicted octanol–water partition coefficient (Wildman–Crippen LogP) is 1.04. The van der Waals surface area contributed by atoms with E-state index in [1.54, 1.807) is 12.1 Å². The second-order valence-corrected chi connectivity index (χ2v) is 7.16. The molecule has 0 atom stereocenters. The molecule has 0 spiro atoms. The largest absolute Gasteiger partial charge is 0.419 e. The molecule has 0 bridgehead atoms. The Balaban J connectivity index is 1.68. The van der Waals surface area contributed by atoms with E-state index in [2.05, 4.69) is 10.2 Å². The van der Waals surface area contributed by atoms with Crippen LogP contribution in [0.25, 0.3) is 11.5 Å². The SMILES string of the molecule is O=S1(=O)CCON(Cc2nnc(-c3ccc(F)cc3)o2)CC1. The van der Waals surface area contributed by atoms with Crippen molar-refractivity contribution in [3.63, 3.8) is 0 Å². The van der Waals surface area contributed by atoms with E-state index in [-0.39, 0.29) is 42.9 Å². The van der Waals surface area contributed by atoms with Gasteiger partial charge in [-0.15, -0.1) is 10.2 Å². The van der Waals surface area contributed by atoms with Gasteiger partial charge in [-0.2, -0.15) is 5.06 Å². The van der Waals surface area contributed by atoms with Crippen molar-refractivity contribution < 1.29 is 22.1 Å². The Kier molecular flexibility index (Phi) is 4.19. The summed E-state index contributed by atoms with van der Waals surface area (Å²) >= 11 is 0. The highest BCUT2D eigenvalue weighted by Gasteiger charge is 2.21. The Labute approximate surface area is 126 Å². The standard InChI is InChI=1S/C13H14FN3O4S/c14-11-3-1-10(2-4-11)13-16-15-12(21-13)9-17-5-7-22(18,19)8-6-20-17/h1-4H,5-9H2. The molecular weight excluding hydrogens is 313 g/mol. The molecule has 1 aliphatic heterocycles. The molecule has 9 heteroatoms. The van der Waals surface area contributed by atoms with Crippen molar-refractivity contribution in [3.05, 3.63) is 36.0 Å². The summed E-state index contributed by atoms with van der Waals surface area (Å²) in [6.07, 6.45) is 0. The van der Waals surface area contributed by atoms with Crippen molar-refractivity contribution in [1.82, 2.24) is 15.3 Å². The van der Waals surface area contributed by atoms with E-state index in [0.29, 0.717) is 11.5 Å². The van der Waals surface area contributed by atoms with Gasteiger partial charge < -0.3 is 4.42 Å². The molecule has 2 aromatic rings. The molecule has 3 rings (SSSR count). The van der Waals surface area contributed by atoms with Crippen LogP contribution >= 0.6 is 0 Å². The lowest BCUT2D eigenvalue weighted by molar-refractivity contribution is -0.158. The molecular formula is C13H14FN3O4S. The first-order valence-electron chi connectivity index (χ1n) is 6.68. The summed E-state index contributed by atoms with van der Waals surface area (Å²) in [5.74, 6) is 0.277. The smallest absolute Gasteiger partial charge is 0.247 e. The molecule has 1 aliphatic rings. The van der Waals surface area contributed by atoms with Crippen LogP contribution in [0.2, 0.25) is 0 Å². The number of hydrogen-bond acceptors (Lipinski definition) is 7. The number of rotatable bonds is 3. The van der Waals surface area contributed by atoms with Gasteiger partial charge >= 0.3 is 0 Å². The quantitative estimate of drug-likeness (QED) is 0.832. The Morgan fingerprint density at radius 1 is 1.18 bits per heavy atom. The average molecular weight is 327 g/mol.